The average Bonchev–Trinajstić information content (AvgIpc) is 2.69. The van der Waals surface area contributed by atoms with E-state index in [1.807, 2.05) is 4.90 Å². The van der Waals surface area contributed by atoms with Crippen LogP contribution >= 0.6 is 11.6 Å². The Hall–Kier alpha value is -2.60. The predicted octanol–water partition coefficient (Wildman–Crippen LogP) is 4.19. The van der Waals surface area contributed by atoms with Crippen LogP contribution in [0.2, 0.25) is 5.02 Å². The van der Waals surface area contributed by atoms with E-state index in [9.17, 15) is 14.0 Å². The summed E-state index contributed by atoms with van der Waals surface area (Å²) in [5, 5.41) is 0.598. The summed E-state index contributed by atoms with van der Waals surface area (Å²) in [5.74, 6) is -0.156. The second kappa shape index (κ2) is 8.41. The first-order valence-electron chi connectivity index (χ1n) is 9.47. The predicted molar refractivity (Wildman–Crippen MR) is 111 cm³/mol. The molecule has 154 valence electrons. The number of carbonyl (C=O) groups excluding carboxylic acids is 2. The molecule has 0 radical (unpaired) electrons. The van der Waals surface area contributed by atoms with E-state index in [0.717, 1.165) is 0 Å². The molecule has 1 fully saturated rings. The minimum Gasteiger partial charge on any atom is -0.478 e. The van der Waals surface area contributed by atoms with Gasteiger partial charge in [0.05, 0.1) is 5.69 Å². The van der Waals surface area contributed by atoms with Gasteiger partial charge in [0.2, 0.25) is 0 Å². The van der Waals surface area contributed by atoms with Crippen LogP contribution in [-0.2, 0) is 4.79 Å². The highest BCUT2D eigenvalue weighted by atomic mass is 35.5. The fourth-order valence-corrected chi connectivity index (χ4v) is 3.48. The number of halogens is 2. The molecule has 1 saturated heterocycles. The molecule has 0 unspecified atom stereocenters. The van der Waals surface area contributed by atoms with Crippen molar-refractivity contribution in [3.63, 3.8) is 0 Å². The van der Waals surface area contributed by atoms with E-state index in [-0.39, 0.29) is 11.7 Å². The minimum absolute atomic E-state index is 0.125. The minimum atomic E-state index is -1.04. The quantitative estimate of drug-likeness (QED) is 0.683. The van der Waals surface area contributed by atoms with Gasteiger partial charge in [-0.05, 0) is 63.2 Å². The highest BCUT2D eigenvalue weighted by Crippen LogP contribution is 2.25. The number of Topliss-reactive ketones (excluding diaryl/α,β-unsaturated/α-hetero) is 1. The first kappa shape index (κ1) is 21.1. The molecule has 1 amide bonds. The molecule has 0 saturated carbocycles. The molecule has 0 aliphatic carbocycles. The van der Waals surface area contributed by atoms with Gasteiger partial charge in [-0.1, -0.05) is 11.6 Å². The third-order valence-electron chi connectivity index (χ3n) is 4.96. The van der Waals surface area contributed by atoms with E-state index in [2.05, 4.69) is 0 Å². The second-order valence-electron chi connectivity index (χ2n) is 7.57. The molecule has 29 heavy (non-hydrogen) atoms. The van der Waals surface area contributed by atoms with Crippen LogP contribution in [0.1, 0.15) is 31.1 Å². The van der Waals surface area contributed by atoms with Crippen LogP contribution in [0.25, 0.3) is 0 Å². The number of hydrogen-bond acceptors (Lipinski definition) is 4. The van der Waals surface area contributed by atoms with Gasteiger partial charge in [0, 0.05) is 36.8 Å². The Balaban J connectivity index is 1.63. The third-order valence-corrected chi connectivity index (χ3v) is 5.22. The Labute approximate surface area is 175 Å². The smallest absolute Gasteiger partial charge is 0.266 e. The van der Waals surface area contributed by atoms with E-state index < -0.39 is 11.4 Å². The molecule has 3 rings (SSSR count). The van der Waals surface area contributed by atoms with Crippen LogP contribution in [0.5, 0.6) is 5.75 Å². The number of amides is 1. The normalized spacial score (nSPS) is 14.7. The first-order chi connectivity index (χ1) is 13.7. The summed E-state index contributed by atoms with van der Waals surface area (Å²) in [6.07, 6.45) is 0. The lowest BCUT2D eigenvalue weighted by atomic mass is 10.1. The van der Waals surface area contributed by atoms with Crippen molar-refractivity contribution in [3.05, 3.63) is 58.9 Å². The lowest BCUT2D eigenvalue weighted by Gasteiger charge is -2.39. The summed E-state index contributed by atoms with van der Waals surface area (Å²) >= 11 is 5.89. The third kappa shape index (κ3) is 4.88. The SMILES string of the molecule is CC(=O)c1ccc(N2CCN(C(=O)C(C)(C)Oc3ccc(Cl)cc3)CC2)c(F)c1. The van der Waals surface area contributed by atoms with Gasteiger partial charge in [-0.25, -0.2) is 4.39 Å². The largest absolute Gasteiger partial charge is 0.478 e. The molecular formula is C22H24ClFN2O3. The zero-order chi connectivity index (χ0) is 21.2. The van der Waals surface area contributed by atoms with Crippen LogP contribution < -0.4 is 9.64 Å². The fourth-order valence-electron chi connectivity index (χ4n) is 3.35. The van der Waals surface area contributed by atoms with Gasteiger partial charge in [-0.2, -0.15) is 0 Å². The zero-order valence-electron chi connectivity index (χ0n) is 16.7. The monoisotopic (exact) mass is 418 g/mol. The van der Waals surface area contributed by atoms with E-state index in [1.54, 1.807) is 55.1 Å². The van der Waals surface area contributed by atoms with Gasteiger partial charge in [-0.15, -0.1) is 0 Å². The molecule has 0 bridgehead atoms. The number of piperazine rings is 1. The Morgan fingerprint density at radius 3 is 2.21 bits per heavy atom. The summed E-state index contributed by atoms with van der Waals surface area (Å²) in [5.41, 5.74) is -0.246. The number of rotatable bonds is 5. The zero-order valence-corrected chi connectivity index (χ0v) is 17.5. The summed E-state index contributed by atoms with van der Waals surface area (Å²) in [6, 6.07) is 11.4. The number of benzene rings is 2. The van der Waals surface area contributed by atoms with Gasteiger partial charge < -0.3 is 14.5 Å². The van der Waals surface area contributed by atoms with Crippen molar-refractivity contribution in [3.8, 4) is 5.75 Å². The van der Waals surface area contributed by atoms with Crippen molar-refractivity contribution in [2.24, 2.45) is 0 Å². The summed E-state index contributed by atoms with van der Waals surface area (Å²) in [7, 11) is 0. The second-order valence-corrected chi connectivity index (χ2v) is 8.00. The molecule has 5 nitrogen and oxygen atoms in total. The summed E-state index contributed by atoms with van der Waals surface area (Å²) < 4.78 is 20.3. The number of anilines is 1. The summed E-state index contributed by atoms with van der Waals surface area (Å²) in [6.45, 7) is 6.79. The molecule has 1 aliphatic rings. The maximum absolute atomic E-state index is 14.4. The molecule has 0 aromatic heterocycles. The molecular weight excluding hydrogens is 395 g/mol. The molecule has 0 atom stereocenters. The highest BCUT2D eigenvalue weighted by Gasteiger charge is 2.36. The lowest BCUT2D eigenvalue weighted by molar-refractivity contribution is -0.145. The van der Waals surface area contributed by atoms with Crippen molar-refractivity contribution in [1.82, 2.24) is 4.90 Å². The topological polar surface area (TPSA) is 49.9 Å². The Morgan fingerprint density at radius 1 is 1.03 bits per heavy atom. The number of nitrogens with zero attached hydrogens (tertiary/aromatic N) is 2. The Bertz CT molecular complexity index is 907. The Morgan fingerprint density at radius 2 is 1.66 bits per heavy atom. The lowest BCUT2D eigenvalue weighted by Crippen LogP contribution is -2.56. The van der Waals surface area contributed by atoms with Crippen LogP contribution in [0.3, 0.4) is 0 Å². The average molecular weight is 419 g/mol. The summed E-state index contributed by atoms with van der Waals surface area (Å²) in [4.78, 5) is 28.0. The standard InChI is InChI=1S/C22H24ClFN2O3/c1-15(27)16-4-9-20(19(24)14-16)25-10-12-26(13-11-25)21(28)22(2,3)29-18-7-5-17(23)6-8-18/h4-9,14H,10-13H2,1-3H3. The molecule has 1 heterocycles. The van der Waals surface area contributed by atoms with Gasteiger partial charge in [-0.3, -0.25) is 9.59 Å². The van der Waals surface area contributed by atoms with Gasteiger partial charge in [0.1, 0.15) is 11.6 Å². The molecule has 1 aliphatic heterocycles. The van der Waals surface area contributed by atoms with Crippen LogP contribution in [0.4, 0.5) is 10.1 Å². The number of carbonyl (C=O) groups is 2. The van der Waals surface area contributed by atoms with Crippen LogP contribution in [-0.4, -0.2) is 48.4 Å². The number of ketones is 1. The molecule has 7 heteroatoms. The highest BCUT2D eigenvalue weighted by molar-refractivity contribution is 6.30. The fraction of sp³-hybridized carbons (Fsp3) is 0.364. The van der Waals surface area contributed by atoms with Crippen molar-refractivity contribution < 1.29 is 18.7 Å². The molecule has 0 spiro atoms. The van der Waals surface area contributed by atoms with Gasteiger partial charge >= 0.3 is 0 Å². The number of hydrogen-bond donors (Lipinski definition) is 0. The first-order valence-corrected chi connectivity index (χ1v) is 9.84. The Kier molecular flexibility index (Phi) is 6.13. The van der Waals surface area contributed by atoms with Crippen molar-refractivity contribution >= 4 is 29.0 Å². The van der Waals surface area contributed by atoms with Crippen molar-refractivity contribution in [2.45, 2.75) is 26.4 Å². The molecule has 2 aromatic rings. The molecule has 0 N–H and O–H groups in total. The van der Waals surface area contributed by atoms with E-state index in [1.165, 1.54) is 13.0 Å². The number of ether oxygens (including phenoxy) is 1. The van der Waals surface area contributed by atoms with E-state index >= 15 is 0 Å². The van der Waals surface area contributed by atoms with Crippen LogP contribution in [0.15, 0.2) is 42.5 Å². The van der Waals surface area contributed by atoms with Crippen molar-refractivity contribution in [2.75, 3.05) is 31.1 Å². The van der Waals surface area contributed by atoms with E-state index in [0.29, 0.717) is 48.2 Å². The maximum Gasteiger partial charge on any atom is 0.266 e. The maximum atomic E-state index is 14.4. The van der Waals surface area contributed by atoms with E-state index in [4.69, 9.17) is 16.3 Å². The van der Waals surface area contributed by atoms with Crippen molar-refractivity contribution in [1.29, 1.82) is 0 Å². The van der Waals surface area contributed by atoms with Gasteiger partial charge in [0.25, 0.3) is 5.91 Å². The molecule has 2 aromatic carbocycles. The van der Waals surface area contributed by atoms with Gasteiger partial charge in [0.15, 0.2) is 11.4 Å². The van der Waals surface area contributed by atoms with Crippen LogP contribution in [0, 0.1) is 5.82 Å².